The van der Waals surface area contributed by atoms with E-state index in [0.29, 0.717) is 0 Å². The average Bonchev–Trinajstić information content (AvgIpc) is 2.54. The van der Waals surface area contributed by atoms with Crippen molar-refractivity contribution in [3.8, 4) is 0 Å². The lowest BCUT2D eigenvalue weighted by Gasteiger charge is -2.13. The monoisotopic (exact) mass is 174 g/mol. The van der Waals surface area contributed by atoms with E-state index >= 15 is 0 Å². The topological polar surface area (TPSA) is 35.9 Å². The van der Waals surface area contributed by atoms with Gasteiger partial charge in [0.05, 0.1) is 6.04 Å². The van der Waals surface area contributed by atoms with Crippen molar-refractivity contribution >= 4 is 11.4 Å². The van der Waals surface area contributed by atoms with Crippen molar-refractivity contribution in [2.45, 2.75) is 25.3 Å². The van der Waals surface area contributed by atoms with Gasteiger partial charge >= 0.3 is 0 Å². The first kappa shape index (κ1) is 8.30. The van der Waals surface area contributed by atoms with Crippen LogP contribution in [-0.2, 0) is 0 Å². The zero-order valence-corrected chi connectivity index (χ0v) is 7.59. The second-order valence-corrected chi connectivity index (χ2v) is 3.48. The molecule has 2 nitrogen and oxygen atoms in total. The van der Waals surface area contributed by atoms with E-state index in [4.69, 9.17) is 5.41 Å². The molecular formula is C11H14N2. The molecule has 2 heteroatoms. The summed E-state index contributed by atoms with van der Waals surface area (Å²) >= 11 is 0. The normalized spacial score (nSPS) is 21.8. The Kier molecular flexibility index (Phi) is 2.30. The third-order valence-corrected chi connectivity index (χ3v) is 2.47. The molecule has 0 aromatic heterocycles. The fraction of sp³-hybridized carbons (Fsp3) is 0.364. The van der Waals surface area contributed by atoms with Crippen LogP contribution < -0.4 is 5.32 Å². The van der Waals surface area contributed by atoms with Gasteiger partial charge in [-0.05, 0) is 31.4 Å². The van der Waals surface area contributed by atoms with Gasteiger partial charge in [0.25, 0.3) is 0 Å². The van der Waals surface area contributed by atoms with Crippen LogP contribution in [0, 0.1) is 5.41 Å². The molecule has 1 fully saturated rings. The first-order valence-corrected chi connectivity index (χ1v) is 4.75. The Morgan fingerprint density at radius 2 is 2.00 bits per heavy atom. The summed E-state index contributed by atoms with van der Waals surface area (Å²) in [5.41, 5.74) is 1.98. The number of hydrogen-bond donors (Lipinski definition) is 2. The SMILES string of the molecule is N=C1CCCC1Nc1ccccc1. The van der Waals surface area contributed by atoms with Gasteiger partial charge in [-0.3, -0.25) is 0 Å². The highest BCUT2D eigenvalue weighted by Crippen LogP contribution is 2.19. The van der Waals surface area contributed by atoms with Gasteiger partial charge in [-0.25, -0.2) is 0 Å². The third kappa shape index (κ3) is 1.89. The fourth-order valence-corrected chi connectivity index (χ4v) is 1.74. The van der Waals surface area contributed by atoms with Crippen LogP contribution in [0.25, 0.3) is 0 Å². The summed E-state index contributed by atoms with van der Waals surface area (Å²) in [5, 5.41) is 11.1. The molecule has 0 radical (unpaired) electrons. The molecule has 0 bridgehead atoms. The van der Waals surface area contributed by atoms with Crippen LogP contribution in [0.4, 0.5) is 5.69 Å². The first-order chi connectivity index (χ1) is 6.36. The second kappa shape index (κ2) is 3.60. The number of para-hydroxylation sites is 1. The molecule has 0 saturated heterocycles. The Labute approximate surface area is 78.5 Å². The molecule has 0 aliphatic heterocycles. The van der Waals surface area contributed by atoms with E-state index in [1.807, 2.05) is 30.3 Å². The summed E-state index contributed by atoms with van der Waals surface area (Å²) in [7, 11) is 0. The summed E-state index contributed by atoms with van der Waals surface area (Å²) in [5.74, 6) is 0. The molecule has 0 spiro atoms. The van der Waals surface area contributed by atoms with Gasteiger partial charge in [-0.2, -0.15) is 0 Å². The van der Waals surface area contributed by atoms with Crippen molar-refractivity contribution in [1.82, 2.24) is 0 Å². The van der Waals surface area contributed by atoms with Crippen LogP contribution >= 0.6 is 0 Å². The molecular weight excluding hydrogens is 160 g/mol. The molecule has 0 heterocycles. The molecule has 1 aromatic rings. The fourth-order valence-electron chi connectivity index (χ4n) is 1.74. The average molecular weight is 174 g/mol. The van der Waals surface area contributed by atoms with Crippen LogP contribution in [0.1, 0.15) is 19.3 Å². The molecule has 1 aliphatic carbocycles. The summed E-state index contributed by atoms with van der Waals surface area (Å²) in [6.45, 7) is 0. The van der Waals surface area contributed by atoms with Gasteiger partial charge in [-0.15, -0.1) is 0 Å². The molecule has 1 aromatic carbocycles. The zero-order chi connectivity index (χ0) is 9.10. The minimum Gasteiger partial charge on any atom is -0.377 e. The van der Waals surface area contributed by atoms with Gasteiger partial charge in [0.2, 0.25) is 0 Å². The lowest BCUT2D eigenvalue weighted by atomic mass is 10.2. The minimum atomic E-state index is 0.280. The molecule has 68 valence electrons. The summed E-state index contributed by atoms with van der Waals surface area (Å²) < 4.78 is 0. The Morgan fingerprint density at radius 1 is 1.23 bits per heavy atom. The Bertz CT molecular complexity index is 292. The first-order valence-electron chi connectivity index (χ1n) is 4.75. The van der Waals surface area contributed by atoms with E-state index in [2.05, 4.69) is 5.32 Å². The molecule has 13 heavy (non-hydrogen) atoms. The number of benzene rings is 1. The number of hydrogen-bond acceptors (Lipinski definition) is 2. The smallest absolute Gasteiger partial charge is 0.0639 e. The van der Waals surface area contributed by atoms with Crippen LogP contribution in [0.2, 0.25) is 0 Å². The number of nitrogens with one attached hydrogen (secondary N) is 2. The predicted molar refractivity (Wildman–Crippen MR) is 55.4 cm³/mol. The van der Waals surface area contributed by atoms with Crippen molar-refractivity contribution in [2.24, 2.45) is 0 Å². The van der Waals surface area contributed by atoms with Gasteiger partial charge < -0.3 is 10.7 Å². The molecule has 1 atom stereocenters. The second-order valence-electron chi connectivity index (χ2n) is 3.48. The van der Waals surface area contributed by atoms with Gasteiger partial charge in [0.1, 0.15) is 0 Å². The van der Waals surface area contributed by atoms with Crippen molar-refractivity contribution in [2.75, 3.05) is 5.32 Å². The van der Waals surface area contributed by atoms with Crippen LogP contribution in [-0.4, -0.2) is 11.8 Å². The summed E-state index contributed by atoms with van der Waals surface area (Å²) in [6, 6.07) is 10.4. The van der Waals surface area contributed by atoms with Gasteiger partial charge in [0, 0.05) is 11.4 Å². The Morgan fingerprint density at radius 3 is 2.62 bits per heavy atom. The highest BCUT2D eigenvalue weighted by Gasteiger charge is 2.20. The maximum atomic E-state index is 7.69. The van der Waals surface area contributed by atoms with E-state index < -0.39 is 0 Å². The zero-order valence-electron chi connectivity index (χ0n) is 7.59. The summed E-state index contributed by atoms with van der Waals surface area (Å²) in [4.78, 5) is 0. The minimum absolute atomic E-state index is 0.280. The van der Waals surface area contributed by atoms with Crippen LogP contribution in [0.5, 0.6) is 0 Å². The van der Waals surface area contributed by atoms with E-state index in [1.54, 1.807) is 0 Å². The van der Waals surface area contributed by atoms with E-state index in [9.17, 15) is 0 Å². The highest BCUT2D eigenvalue weighted by molar-refractivity contribution is 5.90. The predicted octanol–water partition coefficient (Wildman–Crippen LogP) is 2.67. The standard InChI is InChI=1S/C11H14N2/c12-10-7-4-8-11(10)13-9-5-2-1-3-6-9/h1-3,5-6,11-13H,4,7-8H2. The molecule has 1 aliphatic rings. The van der Waals surface area contributed by atoms with E-state index in [1.165, 1.54) is 0 Å². The van der Waals surface area contributed by atoms with Crippen molar-refractivity contribution < 1.29 is 0 Å². The largest absolute Gasteiger partial charge is 0.377 e. The van der Waals surface area contributed by atoms with E-state index in [-0.39, 0.29) is 6.04 Å². The highest BCUT2D eigenvalue weighted by atomic mass is 14.9. The molecule has 1 unspecified atom stereocenters. The maximum absolute atomic E-state index is 7.69. The Balaban J connectivity index is 2.02. The Hall–Kier alpha value is -1.31. The van der Waals surface area contributed by atoms with Crippen molar-refractivity contribution in [3.63, 3.8) is 0 Å². The molecule has 1 saturated carbocycles. The lowest BCUT2D eigenvalue weighted by molar-refractivity contribution is 0.824. The number of anilines is 1. The maximum Gasteiger partial charge on any atom is 0.0639 e. The molecule has 2 rings (SSSR count). The van der Waals surface area contributed by atoms with Crippen LogP contribution in [0.3, 0.4) is 0 Å². The summed E-state index contributed by atoms with van der Waals surface area (Å²) in [6.07, 6.45) is 3.22. The van der Waals surface area contributed by atoms with Gasteiger partial charge in [0.15, 0.2) is 0 Å². The quantitative estimate of drug-likeness (QED) is 0.710. The van der Waals surface area contributed by atoms with Gasteiger partial charge in [-0.1, -0.05) is 18.2 Å². The molecule has 2 N–H and O–H groups in total. The molecule has 0 amide bonds. The number of rotatable bonds is 2. The van der Waals surface area contributed by atoms with Crippen molar-refractivity contribution in [3.05, 3.63) is 30.3 Å². The van der Waals surface area contributed by atoms with E-state index in [0.717, 1.165) is 30.7 Å². The van der Waals surface area contributed by atoms with Crippen molar-refractivity contribution in [1.29, 1.82) is 5.41 Å². The third-order valence-electron chi connectivity index (χ3n) is 2.47. The van der Waals surface area contributed by atoms with Crippen LogP contribution in [0.15, 0.2) is 30.3 Å². The lowest BCUT2D eigenvalue weighted by Crippen LogP contribution is -2.22.